The molecule has 6 heteroatoms. The van der Waals surface area contributed by atoms with Gasteiger partial charge in [-0.25, -0.2) is 4.39 Å². The van der Waals surface area contributed by atoms with Gasteiger partial charge < -0.3 is 5.32 Å². The number of halogens is 2. The Morgan fingerprint density at radius 1 is 1.53 bits per heavy atom. The van der Waals surface area contributed by atoms with Crippen molar-refractivity contribution in [2.45, 2.75) is 13.3 Å². The number of nitrogens with zero attached hydrogens (tertiary/aromatic N) is 2. The third-order valence-corrected chi connectivity index (χ3v) is 3.30. The average Bonchev–Trinajstić information content (AvgIpc) is 2.72. The second-order valence-electron chi connectivity index (χ2n) is 4.07. The first-order valence-corrected chi connectivity index (χ1v) is 6.60. The van der Waals surface area contributed by atoms with Gasteiger partial charge in [0.15, 0.2) is 0 Å². The molecule has 2 aromatic rings. The molecule has 0 atom stereocenters. The molecule has 4 nitrogen and oxygen atoms in total. The first-order valence-electron chi connectivity index (χ1n) is 5.80. The van der Waals surface area contributed by atoms with Crippen LogP contribution in [0.25, 0.3) is 0 Å². The number of nitrogens with one attached hydrogen (secondary N) is 1. The Kier molecular flexibility index (Phi) is 3.99. The lowest BCUT2D eigenvalue weighted by Gasteiger charge is -2.06. The first kappa shape index (κ1) is 13.7. The Morgan fingerprint density at radius 3 is 2.95 bits per heavy atom. The molecule has 0 aliphatic rings. The van der Waals surface area contributed by atoms with Crippen LogP contribution >= 0.6 is 15.9 Å². The zero-order chi connectivity index (χ0) is 14.0. The number of hydrogen-bond donors (Lipinski definition) is 1. The molecule has 1 N–H and O–H groups in total. The summed E-state index contributed by atoms with van der Waals surface area (Å²) in [6.45, 7) is 1.94. The minimum Gasteiger partial charge on any atom is -0.319 e. The lowest BCUT2D eigenvalue weighted by atomic mass is 10.2. The maximum absolute atomic E-state index is 13.8. The van der Waals surface area contributed by atoms with Crippen LogP contribution in [0.3, 0.4) is 0 Å². The van der Waals surface area contributed by atoms with Crippen LogP contribution < -0.4 is 5.32 Å². The molecule has 0 spiro atoms. The number of carbonyl (C=O) groups excluding carboxylic acids is 1. The van der Waals surface area contributed by atoms with Crippen LogP contribution in [0.15, 0.2) is 28.9 Å². The fourth-order valence-electron chi connectivity index (χ4n) is 1.77. The van der Waals surface area contributed by atoms with E-state index in [0.717, 1.165) is 5.69 Å². The minimum atomic E-state index is -0.568. The molecule has 0 saturated heterocycles. The zero-order valence-electron chi connectivity index (χ0n) is 10.6. The van der Waals surface area contributed by atoms with E-state index in [4.69, 9.17) is 0 Å². The summed E-state index contributed by atoms with van der Waals surface area (Å²) in [5.74, 6) is -1.05. The summed E-state index contributed by atoms with van der Waals surface area (Å²) < 4.78 is 15.7. The van der Waals surface area contributed by atoms with Crippen LogP contribution in [0.2, 0.25) is 0 Å². The topological polar surface area (TPSA) is 46.9 Å². The van der Waals surface area contributed by atoms with Crippen LogP contribution in [0.4, 0.5) is 10.1 Å². The minimum absolute atomic E-state index is 0.000260. The number of anilines is 1. The highest BCUT2D eigenvalue weighted by Gasteiger charge is 2.16. The lowest BCUT2D eigenvalue weighted by Crippen LogP contribution is -2.14. The quantitative estimate of drug-likeness (QED) is 0.942. The summed E-state index contributed by atoms with van der Waals surface area (Å²) in [5, 5.41) is 6.90. The highest BCUT2D eigenvalue weighted by Crippen LogP contribution is 2.21. The summed E-state index contributed by atoms with van der Waals surface area (Å²) >= 11 is 3.06. The fraction of sp³-hybridized carbons (Fsp3) is 0.231. The fourth-order valence-corrected chi connectivity index (χ4v) is 2.14. The van der Waals surface area contributed by atoms with Gasteiger partial charge in [-0.2, -0.15) is 5.10 Å². The van der Waals surface area contributed by atoms with Crippen molar-refractivity contribution < 1.29 is 9.18 Å². The second kappa shape index (κ2) is 5.52. The SMILES string of the molecule is CCc1nn(C)cc1NC(=O)c1cccc(Br)c1F. The maximum atomic E-state index is 13.8. The summed E-state index contributed by atoms with van der Waals surface area (Å²) in [6.07, 6.45) is 2.39. The van der Waals surface area contributed by atoms with Crippen molar-refractivity contribution in [1.82, 2.24) is 9.78 Å². The summed E-state index contributed by atoms with van der Waals surface area (Å²) in [5.41, 5.74) is 1.38. The molecule has 2 rings (SSSR count). The number of aromatic nitrogens is 2. The van der Waals surface area contributed by atoms with E-state index in [2.05, 4.69) is 26.3 Å². The Hall–Kier alpha value is -1.69. The number of hydrogen-bond acceptors (Lipinski definition) is 2. The molecule has 100 valence electrons. The van der Waals surface area contributed by atoms with E-state index in [1.165, 1.54) is 6.07 Å². The number of amides is 1. The maximum Gasteiger partial charge on any atom is 0.258 e. The van der Waals surface area contributed by atoms with E-state index >= 15 is 0 Å². The smallest absolute Gasteiger partial charge is 0.258 e. The Morgan fingerprint density at radius 2 is 2.26 bits per heavy atom. The van der Waals surface area contributed by atoms with Gasteiger partial charge in [0.05, 0.1) is 21.4 Å². The monoisotopic (exact) mass is 325 g/mol. The van der Waals surface area contributed by atoms with Crippen molar-refractivity contribution in [1.29, 1.82) is 0 Å². The van der Waals surface area contributed by atoms with Crippen LogP contribution in [0.1, 0.15) is 23.0 Å². The number of rotatable bonds is 3. The van der Waals surface area contributed by atoms with Crippen LogP contribution in [-0.2, 0) is 13.5 Å². The van der Waals surface area contributed by atoms with Gasteiger partial charge in [0.2, 0.25) is 0 Å². The molecule has 0 radical (unpaired) electrons. The van der Waals surface area contributed by atoms with E-state index in [9.17, 15) is 9.18 Å². The molecular weight excluding hydrogens is 313 g/mol. The first-order chi connectivity index (χ1) is 9.02. The van der Waals surface area contributed by atoms with E-state index in [0.29, 0.717) is 12.1 Å². The Labute approximate surface area is 118 Å². The molecule has 0 aliphatic carbocycles. The molecule has 1 aromatic heterocycles. The predicted molar refractivity (Wildman–Crippen MR) is 74.6 cm³/mol. The molecule has 0 fully saturated rings. The molecule has 0 unspecified atom stereocenters. The summed E-state index contributed by atoms with van der Waals surface area (Å²) in [6, 6.07) is 4.61. The van der Waals surface area contributed by atoms with Gasteiger partial charge in [-0.05, 0) is 34.5 Å². The van der Waals surface area contributed by atoms with Crippen molar-refractivity contribution in [3.05, 3.63) is 45.9 Å². The third kappa shape index (κ3) is 2.84. The van der Waals surface area contributed by atoms with E-state index in [1.807, 2.05) is 6.92 Å². The molecule has 1 amide bonds. The highest BCUT2D eigenvalue weighted by atomic mass is 79.9. The predicted octanol–water partition coefficient (Wildman–Crippen LogP) is 3.14. The Bertz CT molecular complexity index is 624. The van der Waals surface area contributed by atoms with Gasteiger partial charge in [-0.1, -0.05) is 13.0 Å². The standard InChI is InChI=1S/C13H13BrFN3O/c1-3-10-11(7-18(2)17-10)16-13(19)8-5-4-6-9(14)12(8)15/h4-7H,3H2,1-2H3,(H,16,19). The number of benzene rings is 1. The summed E-state index contributed by atoms with van der Waals surface area (Å²) in [4.78, 5) is 12.1. The van der Waals surface area contributed by atoms with Crippen molar-refractivity contribution in [2.75, 3.05) is 5.32 Å². The molecule has 0 aliphatic heterocycles. The van der Waals surface area contributed by atoms with Crippen LogP contribution in [0, 0.1) is 5.82 Å². The van der Waals surface area contributed by atoms with Gasteiger partial charge >= 0.3 is 0 Å². The summed E-state index contributed by atoms with van der Waals surface area (Å²) in [7, 11) is 1.77. The van der Waals surface area contributed by atoms with Crippen LogP contribution in [0.5, 0.6) is 0 Å². The number of carbonyl (C=O) groups is 1. The normalized spacial score (nSPS) is 10.5. The van der Waals surface area contributed by atoms with Crippen molar-refractivity contribution in [3.63, 3.8) is 0 Å². The van der Waals surface area contributed by atoms with E-state index in [1.54, 1.807) is 30.1 Å². The molecule has 19 heavy (non-hydrogen) atoms. The third-order valence-electron chi connectivity index (χ3n) is 2.68. The molecule has 0 bridgehead atoms. The van der Waals surface area contributed by atoms with Gasteiger partial charge in [0, 0.05) is 13.2 Å². The molecular formula is C13H13BrFN3O. The zero-order valence-corrected chi connectivity index (χ0v) is 12.2. The lowest BCUT2D eigenvalue weighted by molar-refractivity contribution is 0.102. The van der Waals surface area contributed by atoms with Crippen molar-refractivity contribution in [3.8, 4) is 0 Å². The molecule has 1 heterocycles. The van der Waals surface area contributed by atoms with Gasteiger partial charge in [-0.15, -0.1) is 0 Å². The number of aryl methyl sites for hydroxylation is 2. The molecule has 1 aromatic carbocycles. The van der Waals surface area contributed by atoms with Crippen LogP contribution in [-0.4, -0.2) is 15.7 Å². The molecule has 0 saturated carbocycles. The Balaban J connectivity index is 2.28. The second-order valence-corrected chi connectivity index (χ2v) is 4.93. The van der Waals surface area contributed by atoms with E-state index < -0.39 is 11.7 Å². The van der Waals surface area contributed by atoms with E-state index in [-0.39, 0.29) is 10.0 Å². The van der Waals surface area contributed by atoms with Gasteiger partial charge in [-0.3, -0.25) is 9.48 Å². The van der Waals surface area contributed by atoms with Crippen molar-refractivity contribution >= 4 is 27.5 Å². The average molecular weight is 326 g/mol. The van der Waals surface area contributed by atoms with Gasteiger partial charge in [0.25, 0.3) is 5.91 Å². The highest BCUT2D eigenvalue weighted by molar-refractivity contribution is 9.10. The van der Waals surface area contributed by atoms with Gasteiger partial charge in [0.1, 0.15) is 5.82 Å². The largest absolute Gasteiger partial charge is 0.319 e. The van der Waals surface area contributed by atoms with Crippen molar-refractivity contribution in [2.24, 2.45) is 7.05 Å².